The molecule has 2 rings (SSSR count). The Hall–Kier alpha value is -2.21. The molecule has 0 aromatic heterocycles. The van der Waals surface area contributed by atoms with Crippen molar-refractivity contribution in [3.63, 3.8) is 0 Å². The second-order valence-corrected chi connectivity index (χ2v) is 4.57. The highest BCUT2D eigenvalue weighted by Crippen LogP contribution is 2.28. The molecule has 2 aromatic rings. The average Bonchev–Trinajstić information content (AvgIpc) is 2.39. The van der Waals surface area contributed by atoms with Crippen LogP contribution in [-0.2, 0) is 0 Å². The number of carbonyl (C=O) groups is 1. The van der Waals surface area contributed by atoms with Gasteiger partial charge in [0.15, 0.2) is 6.29 Å². The fourth-order valence-electron chi connectivity index (χ4n) is 1.46. The van der Waals surface area contributed by atoms with Crippen LogP contribution in [0.1, 0.15) is 10.4 Å². The van der Waals surface area contributed by atoms with Crippen LogP contribution in [0.15, 0.2) is 46.9 Å². The molecule has 19 heavy (non-hydrogen) atoms. The molecule has 6 heteroatoms. The number of hydrogen-bond donors (Lipinski definition) is 0. The van der Waals surface area contributed by atoms with E-state index in [2.05, 4.69) is 15.9 Å². The molecule has 0 unspecified atom stereocenters. The topological polar surface area (TPSA) is 69.4 Å². The van der Waals surface area contributed by atoms with E-state index < -0.39 is 4.92 Å². The van der Waals surface area contributed by atoms with Gasteiger partial charge in [-0.2, -0.15) is 0 Å². The normalized spacial score (nSPS) is 9.95. The Kier molecular flexibility index (Phi) is 3.91. The number of hydrogen-bond acceptors (Lipinski definition) is 4. The van der Waals surface area contributed by atoms with Crippen molar-refractivity contribution < 1.29 is 14.5 Å². The number of halogens is 1. The van der Waals surface area contributed by atoms with Crippen molar-refractivity contribution in [2.24, 2.45) is 0 Å². The van der Waals surface area contributed by atoms with Gasteiger partial charge < -0.3 is 4.74 Å². The van der Waals surface area contributed by atoms with Gasteiger partial charge in [0, 0.05) is 16.6 Å². The van der Waals surface area contributed by atoms with Crippen molar-refractivity contribution in [1.29, 1.82) is 0 Å². The van der Waals surface area contributed by atoms with Crippen LogP contribution in [0.4, 0.5) is 5.69 Å². The Labute approximate surface area is 117 Å². The van der Waals surface area contributed by atoms with E-state index in [9.17, 15) is 14.9 Å². The van der Waals surface area contributed by atoms with Crippen molar-refractivity contribution >= 4 is 27.9 Å². The zero-order valence-corrected chi connectivity index (χ0v) is 11.2. The first-order valence-electron chi connectivity index (χ1n) is 5.27. The van der Waals surface area contributed by atoms with Gasteiger partial charge in [0.25, 0.3) is 5.69 Å². The van der Waals surface area contributed by atoms with Crippen molar-refractivity contribution in [2.45, 2.75) is 0 Å². The van der Waals surface area contributed by atoms with Crippen molar-refractivity contribution in [1.82, 2.24) is 0 Å². The van der Waals surface area contributed by atoms with Gasteiger partial charge in [-0.25, -0.2) is 0 Å². The molecule has 96 valence electrons. The summed E-state index contributed by atoms with van der Waals surface area (Å²) in [5, 5.41) is 10.5. The van der Waals surface area contributed by atoms with Crippen LogP contribution >= 0.6 is 15.9 Å². The van der Waals surface area contributed by atoms with Gasteiger partial charge in [-0.1, -0.05) is 15.9 Å². The maximum absolute atomic E-state index is 10.9. The van der Waals surface area contributed by atoms with E-state index in [0.29, 0.717) is 23.3 Å². The standard InChI is InChI=1S/C13H8BrNO4/c14-10-2-1-9(8-16)13(7-10)19-12-5-3-11(4-6-12)15(17)18/h1-8H. The highest BCUT2D eigenvalue weighted by atomic mass is 79.9. The number of nitrogens with zero attached hydrogens (tertiary/aromatic N) is 1. The van der Waals surface area contributed by atoms with Gasteiger partial charge in [-0.15, -0.1) is 0 Å². The number of aldehydes is 1. The lowest BCUT2D eigenvalue weighted by molar-refractivity contribution is -0.384. The fraction of sp³-hybridized carbons (Fsp3) is 0. The van der Waals surface area contributed by atoms with Gasteiger partial charge >= 0.3 is 0 Å². The van der Waals surface area contributed by atoms with Crippen LogP contribution in [0.25, 0.3) is 0 Å². The predicted octanol–water partition coefficient (Wildman–Crippen LogP) is 3.96. The number of nitro benzene ring substituents is 1. The summed E-state index contributed by atoms with van der Waals surface area (Å²) in [5.74, 6) is 0.810. The maximum atomic E-state index is 10.9. The highest BCUT2D eigenvalue weighted by molar-refractivity contribution is 9.10. The number of carbonyl (C=O) groups excluding carboxylic acids is 1. The quantitative estimate of drug-likeness (QED) is 0.485. The third-order valence-electron chi connectivity index (χ3n) is 2.38. The van der Waals surface area contributed by atoms with E-state index in [0.717, 1.165) is 4.47 Å². The lowest BCUT2D eigenvalue weighted by atomic mass is 10.2. The van der Waals surface area contributed by atoms with Crippen LogP contribution in [0.3, 0.4) is 0 Å². The van der Waals surface area contributed by atoms with Crippen molar-refractivity contribution in [3.05, 3.63) is 62.6 Å². The molecule has 0 spiro atoms. The minimum absolute atomic E-state index is 0.0165. The lowest BCUT2D eigenvalue weighted by Gasteiger charge is -2.08. The molecule has 0 saturated carbocycles. The largest absolute Gasteiger partial charge is 0.457 e. The molecular formula is C13H8BrNO4. The highest BCUT2D eigenvalue weighted by Gasteiger charge is 2.08. The molecule has 0 fully saturated rings. The molecular weight excluding hydrogens is 314 g/mol. The molecule has 0 heterocycles. The Morgan fingerprint density at radius 3 is 2.42 bits per heavy atom. The zero-order chi connectivity index (χ0) is 13.8. The number of non-ortho nitro benzene ring substituents is 1. The Bertz CT molecular complexity index is 625. The second kappa shape index (κ2) is 5.62. The molecule has 2 aromatic carbocycles. The Morgan fingerprint density at radius 2 is 1.84 bits per heavy atom. The molecule has 0 aliphatic heterocycles. The molecule has 0 amide bonds. The molecule has 0 atom stereocenters. The second-order valence-electron chi connectivity index (χ2n) is 3.65. The summed E-state index contributed by atoms with van der Waals surface area (Å²) < 4.78 is 6.31. The molecule has 5 nitrogen and oxygen atoms in total. The SMILES string of the molecule is O=Cc1ccc(Br)cc1Oc1ccc([N+](=O)[O-])cc1. The Morgan fingerprint density at radius 1 is 1.16 bits per heavy atom. The third kappa shape index (κ3) is 3.17. The van der Waals surface area contributed by atoms with Crippen LogP contribution in [0.5, 0.6) is 11.5 Å². The summed E-state index contributed by atoms with van der Waals surface area (Å²) in [6.07, 6.45) is 0.688. The first-order valence-corrected chi connectivity index (χ1v) is 6.06. The van der Waals surface area contributed by atoms with Gasteiger partial charge in [0.1, 0.15) is 11.5 Å². The summed E-state index contributed by atoms with van der Waals surface area (Å²) in [7, 11) is 0. The lowest BCUT2D eigenvalue weighted by Crippen LogP contribution is -1.91. The van der Waals surface area contributed by atoms with Gasteiger partial charge in [0.2, 0.25) is 0 Å². The van der Waals surface area contributed by atoms with E-state index >= 15 is 0 Å². The fourth-order valence-corrected chi connectivity index (χ4v) is 1.80. The number of nitro groups is 1. The predicted molar refractivity (Wildman–Crippen MR) is 72.7 cm³/mol. The van der Waals surface area contributed by atoms with Gasteiger partial charge in [-0.3, -0.25) is 14.9 Å². The molecule has 0 radical (unpaired) electrons. The van der Waals surface area contributed by atoms with Crippen LogP contribution < -0.4 is 4.74 Å². The molecule has 0 aliphatic rings. The van der Waals surface area contributed by atoms with E-state index in [1.165, 1.54) is 24.3 Å². The van der Waals surface area contributed by atoms with E-state index in [4.69, 9.17) is 4.74 Å². The monoisotopic (exact) mass is 321 g/mol. The smallest absolute Gasteiger partial charge is 0.269 e. The van der Waals surface area contributed by atoms with Crippen molar-refractivity contribution in [3.8, 4) is 11.5 Å². The summed E-state index contributed by atoms with van der Waals surface area (Å²) in [6, 6.07) is 10.7. The van der Waals surface area contributed by atoms with E-state index in [-0.39, 0.29) is 5.69 Å². The average molecular weight is 322 g/mol. The molecule has 0 saturated heterocycles. The number of ether oxygens (including phenoxy) is 1. The van der Waals surface area contributed by atoms with Gasteiger partial charge in [0.05, 0.1) is 10.5 Å². The third-order valence-corrected chi connectivity index (χ3v) is 2.87. The zero-order valence-electron chi connectivity index (χ0n) is 9.58. The molecule has 0 N–H and O–H groups in total. The molecule has 0 aliphatic carbocycles. The number of benzene rings is 2. The van der Waals surface area contributed by atoms with Crippen molar-refractivity contribution in [2.75, 3.05) is 0 Å². The van der Waals surface area contributed by atoms with E-state index in [1.807, 2.05) is 0 Å². The summed E-state index contributed by atoms with van der Waals surface area (Å²) >= 11 is 3.28. The van der Waals surface area contributed by atoms with Gasteiger partial charge in [-0.05, 0) is 30.3 Å². The summed E-state index contributed by atoms with van der Waals surface area (Å²) in [6.45, 7) is 0. The summed E-state index contributed by atoms with van der Waals surface area (Å²) in [4.78, 5) is 20.9. The molecule has 0 bridgehead atoms. The van der Waals surface area contributed by atoms with Crippen LogP contribution in [-0.4, -0.2) is 11.2 Å². The maximum Gasteiger partial charge on any atom is 0.269 e. The number of rotatable bonds is 4. The van der Waals surface area contributed by atoms with E-state index in [1.54, 1.807) is 18.2 Å². The minimum Gasteiger partial charge on any atom is -0.457 e. The minimum atomic E-state index is -0.486. The summed E-state index contributed by atoms with van der Waals surface area (Å²) in [5.41, 5.74) is 0.388. The Balaban J connectivity index is 2.28. The van der Waals surface area contributed by atoms with Crippen LogP contribution in [0, 0.1) is 10.1 Å². The van der Waals surface area contributed by atoms with Crippen LogP contribution in [0.2, 0.25) is 0 Å². The first kappa shape index (κ1) is 13.2. The first-order chi connectivity index (χ1) is 9.10.